The average Bonchev–Trinajstić information content (AvgIpc) is 2.97. The van der Waals surface area contributed by atoms with Gasteiger partial charge >= 0.3 is 0 Å². The van der Waals surface area contributed by atoms with E-state index < -0.39 is 11.8 Å². The molecule has 0 bridgehead atoms. The number of benzene rings is 2. The van der Waals surface area contributed by atoms with Gasteiger partial charge in [-0.15, -0.1) is 0 Å². The molecule has 0 spiro atoms. The number of aliphatic hydroxyl groups is 2. The van der Waals surface area contributed by atoms with Crippen molar-refractivity contribution in [2.24, 2.45) is 11.5 Å². The second-order valence-electron chi connectivity index (χ2n) is 9.97. The quantitative estimate of drug-likeness (QED) is 0.133. The number of carbonyl (C=O) groups excluding carboxylic acids is 2. The first-order chi connectivity index (χ1) is 20.3. The van der Waals surface area contributed by atoms with Crippen LogP contribution in [0.2, 0.25) is 0 Å². The Bertz CT molecular complexity index is 1490. The van der Waals surface area contributed by atoms with Gasteiger partial charge in [0.1, 0.15) is 11.4 Å². The van der Waals surface area contributed by atoms with Crippen LogP contribution in [0.4, 0.5) is 0 Å². The van der Waals surface area contributed by atoms with Crippen molar-refractivity contribution in [1.82, 2.24) is 20.6 Å². The molecule has 4 rings (SSSR count). The summed E-state index contributed by atoms with van der Waals surface area (Å²) >= 11 is 0. The topological polar surface area (TPSA) is 176 Å². The Morgan fingerprint density at radius 2 is 1.02 bits per heavy atom. The zero-order valence-electron chi connectivity index (χ0n) is 23.8. The molecule has 2 aromatic heterocycles. The van der Waals surface area contributed by atoms with Gasteiger partial charge in [-0.25, -0.2) is 0 Å². The van der Waals surface area contributed by atoms with Crippen molar-refractivity contribution >= 4 is 11.8 Å². The predicted molar refractivity (Wildman–Crippen MR) is 162 cm³/mol. The minimum Gasteiger partial charge on any atom is -0.395 e. The van der Waals surface area contributed by atoms with Crippen LogP contribution in [-0.2, 0) is 13.1 Å². The summed E-state index contributed by atoms with van der Waals surface area (Å²) in [5.74, 6) is -1.25. The standard InChI is InChI=1S/C32H36N6O4/c1-19-23(5-3-7-25(19)27-13-21(15-35-9-11-39)17-37-29(27)31(33)41)24-6-4-8-26(20(24)2)28-14-22(16-36-10-12-40)18-38-30(28)32(34)42/h3-8,13-14,17-18,35-36,39-40H,9-12,15-16H2,1-2H3,(H2,33,41)(H2,34,42). The molecule has 2 heterocycles. The molecule has 42 heavy (non-hydrogen) atoms. The molecule has 218 valence electrons. The van der Waals surface area contributed by atoms with Crippen molar-refractivity contribution in [2.75, 3.05) is 26.3 Å². The van der Waals surface area contributed by atoms with Gasteiger partial charge in [0.05, 0.1) is 13.2 Å². The van der Waals surface area contributed by atoms with E-state index in [4.69, 9.17) is 21.7 Å². The molecular formula is C32H36N6O4. The average molecular weight is 569 g/mol. The molecular weight excluding hydrogens is 532 g/mol. The Hall–Kier alpha value is -4.48. The van der Waals surface area contributed by atoms with Crippen LogP contribution in [0.5, 0.6) is 0 Å². The van der Waals surface area contributed by atoms with Crippen molar-refractivity contribution in [3.8, 4) is 33.4 Å². The zero-order chi connectivity index (χ0) is 30.2. The van der Waals surface area contributed by atoms with Gasteiger partial charge < -0.3 is 32.3 Å². The highest BCUT2D eigenvalue weighted by Gasteiger charge is 2.20. The van der Waals surface area contributed by atoms with E-state index in [0.29, 0.717) is 37.3 Å². The summed E-state index contributed by atoms with van der Waals surface area (Å²) < 4.78 is 0. The van der Waals surface area contributed by atoms with Crippen molar-refractivity contribution in [2.45, 2.75) is 26.9 Å². The Kier molecular flexibility index (Phi) is 10.1. The van der Waals surface area contributed by atoms with Gasteiger partial charge in [-0.05, 0) is 70.5 Å². The third-order valence-corrected chi connectivity index (χ3v) is 7.13. The number of hydrogen-bond donors (Lipinski definition) is 6. The van der Waals surface area contributed by atoms with E-state index in [1.807, 2.05) is 62.4 Å². The first kappa shape index (κ1) is 30.5. The number of nitrogens with two attached hydrogens (primary N) is 2. The number of primary amides is 2. The minimum atomic E-state index is -0.623. The number of pyridine rings is 2. The minimum absolute atomic E-state index is 0.0150. The fourth-order valence-electron chi connectivity index (χ4n) is 5.07. The molecule has 4 aromatic rings. The number of rotatable bonds is 13. The molecule has 0 saturated carbocycles. The third-order valence-electron chi connectivity index (χ3n) is 7.13. The van der Waals surface area contributed by atoms with Crippen LogP contribution in [0, 0.1) is 13.8 Å². The van der Waals surface area contributed by atoms with E-state index in [-0.39, 0.29) is 24.6 Å². The van der Waals surface area contributed by atoms with Crippen LogP contribution in [0.1, 0.15) is 43.2 Å². The van der Waals surface area contributed by atoms with Gasteiger partial charge in [-0.1, -0.05) is 36.4 Å². The summed E-state index contributed by atoms with van der Waals surface area (Å²) in [7, 11) is 0. The van der Waals surface area contributed by atoms with E-state index >= 15 is 0 Å². The maximum Gasteiger partial charge on any atom is 0.267 e. The molecule has 0 aliphatic heterocycles. The van der Waals surface area contributed by atoms with E-state index in [2.05, 4.69) is 20.6 Å². The largest absolute Gasteiger partial charge is 0.395 e. The molecule has 10 nitrogen and oxygen atoms in total. The van der Waals surface area contributed by atoms with Crippen LogP contribution < -0.4 is 22.1 Å². The lowest BCUT2D eigenvalue weighted by molar-refractivity contribution is 0.0988. The van der Waals surface area contributed by atoms with Crippen molar-refractivity contribution < 1.29 is 19.8 Å². The van der Waals surface area contributed by atoms with Crippen LogP contribution in [-0.4, -0.2) is 58.3 Å². The number of carbonyl (C=O) groups is 2. The summed E-state index contributed by atoms with van der Waals surface area (Å²) in [5.41, 5.74) is 20.1. The lowest BCUT2D eigenvalue weighted by Crippen LogP contribution is -2.19. The fourth-order valence-corrected chi connectivity index (χ4v) is 5.07. The first-order valence-corrected chi connectivity index (χ1v) is 13.7. The molecule has 10 heteroatoms. The summed E-state index contributed by atoms with van der Waals surface area (Å²) in [6.45, 7) is 5.83. The Morgan fingerprint density at radius 1 is 0.667 bits per heavy atom. The number of nitrogens with one attached hydrogen (secondary N) is 2. The normalized spacial score (nSPS) is 11.0. The molecule has 0 aliphatic rings. The number of aromatic nitrogens is 2. The Balaban J connectivity index is 1.83. The lowest BCUT2D eigenvalue weighted by atomic mass is 9.87. The molecule has 0 fully saturated rings. The fraction of sp³-hybridized carbons (Fsp3) is 0.250. The molecule has 0 atom stereocenters. The second kappa shape index (κ2) is 13.9. The highest BCUT2D eigenvalue weighted by molar-refractivity contribution is 6.00. The van der Waals surface area contributed by atoms with Gasteiger partial charge in [0, 0.05) is 49.7 Å². The maximum absolute atomic E-state index is 12.3. The molecule has 0 unspecified atom stereocenters. The van der Waals surface area contributed by atoms with Gasteiger partial charge in [0.15, 0.2) is 0 Å². The SMILES string of the molecule is Cc1c(-c2cc(CNCCO)cnc2C(N)=O)cccc1-c1cccc(-c2cc(CNCCO)cnc2C(N)=O)c1C. The zero-order valence-corrected chi connectivity index (χ0v) is 23.8. The van der Waals surface area contributed by atoms with Crippen molar-refractivity contribution in [1.29, 1.82) is 0 Å². The number of amides is 2. The highest BCUT2D eigenvalue weighted by atomic mass is 16.3. The maximum atomic E-state index is 12.3. The van der Waals surface area contributed by atoms with Crippen LogP contribution >= 0.6 is 0 Å². The van der Waals surface area contributed by atoms with E-state index in [1.165, 1.54) is 0 Å². The molecule has 0 saturated heterocycles. The van der Waals surface area contributed by atoms with E-state index in [9.17, 15) is 9.59 Å². The van der Waals surface area contributed by atoms with Crippen molar-refractivity contribution in [3.63, 3.8) is 0 Å². The first-order valence-electron chi connectivity index (χ1n) is 13.7. The molecule has 0 aliphatic carbocycles. The second-order valence-corrected chi connectivity index (χ2v) is 9.97. The molecule has 8 N–H and O–H groups in total. The Labute approximate surface area is 244 Å². The third kappa shape index (κ3) is 6.69. The van der Waals surface area contributed by atoms with E-state index in [0.717, 1.165) is 44.5 Å². The summed E-state index contributed by atoms with van der Waals surface area (Å²) in [6.07, 6.45) is 3.22. The summed E-state index contributed by atoms with van der Waals surface area (Å²) in [6, 6.07) is 15.5. The van der Waals surface area contributed by atoms with Crippen LogP contribution in [0.3, 0.4) is 0 Å². The highest BCUT2D eigenvalue weighted by Crippen LogP contribution is 2.38. The predicted octanol–water partition coefficient (Wildman–Crippen LogP) is 2.46. The summed E-state index contributed by atoms with van der Waals surface area (Å²) in [5, 5.41) is 24.5. The smallest absolute Gasteiger partial charge is 0.267 e. The lowest BCUT2D eigenvalue weighted by Gasteiger charge is -2.18. The van der Waals surface area contributed by atoms with Crippen molar-refractivity contribution in [3.05, 3.63) is 94.6 Å². The van der Waals surface area contributed by atoms with Gasteiger partial charge in [0.2, 0.25) is 0 Å². The molecule has 0 radical (unpaired) electrons. The van der Waals surface area contributed by atoms with Gasteiger partial charge in [0.25, 0.3) is 11.8 Å². The van der Waals surface area contributed by atoms with Crippen LogP contribution in [0.15, 0.2) is 60.9 Å². The number of hydrogen-bond acceptors (Lipinski definition) is 8. The Morgan fingerprint density at radius 3 is 1.36 bits per heavy atom. The van der Waals surface area contributed by atoms with E-state index in [1.54, 1.807) is 12.4 Å². The molecule has 2 amide bonds. The number of aliphatic hydroxyl groups excluding tert-OH is 2. The van der Waals surface area contributed by atoms with Gasteiger partial charge in [-0.2, -0.15) is 0 Å². The van der Waals surface area contributed by atoms with Crippen LogP contribution in [0.25, 0.3) is 33.4 Å². The summed E-state index contributed by atoms with van der Waals surface area (Å²) in [4.78, 5) is 33.4. The van der Waals surface area contributed by atoms with Gasteiger partial charge in [-0.3, -0.25) is 19.6 Å². The number of nitrogens with zero attached hydrogens (tertiary/aromatic N) is 2. The molecule has 2 aromatic carbocycles. The monoisotopic (exact) mass is 568 g/mol.